The van der Waals surface area contributed by atoms with Gasteiger partial charge in [0, 0.05) is 31.8 Å². The van der Waals surface area contributed by atoms with Crippen molar-refractivity contribution in [2.24, 2.45) is 0 Å². The summed E-state index contributed by atoms with van der Waals surface area (Å²) in [5.74, 6) is 0.757. The summed E-state index contributed by atoms with van der Waals surface area (Å²) in [5.41, 5.74) is 2.77. The van der Waals surface area contributed by atoms with E-state index in [-0.39, 0.29) is 5.75 Å². The number of sulfonamides is 1. The number of hydrogen-bond acceptors (Lipinski definition) is 6. The second kappa shape index (κ2) is 7.89. The molecule has 0 aliphatic heterocycles. The van der Waals surface area contributed by atoms with E-state index in [2.05, 4.69) is 27.8 Å². The van der Waals surface area contributed by atoms with Crippen LogP contribution in [0.15, 0.2) is 29.4 Å². The van der Waals surface area contributed by atoms with Crippen molar-refractivity contribution in [3.05, 3.63) is 24.3 Å². The average molecular weight is 394 g/mol. The van der Waals surface area contributed by atoms with Crippen molar-refractivity contribution in [3.63, 3.8) is 0 Å². The number of benzene rings is 1. The van der Waals surface area contributed by atoms with Gasteiger partial charge in [-0.15, -0.1) is 10.2 Å². The van der Waals surface area contributed by atoms with Crippen LogP contribution in [0.3, 0.4) is 0 Å². The molecule has 0 aliphatic carbocycles. The lowest BCUT2D eigenvalue weighted by molar-refractivity contribution is 0.520. The molecule has 9 heteroatoms. The van der Waals surface area contributed by atoms with Gasteiger partial charge in [-0.1, -0.05) is 36.9 Å². The highest BCUT2D eigenvalue weighted by molar-refractivity contribution is 7.99. The molecule has 0 saturated carbocycles. The summed E-state index contributed by atoms with van der Waals surface area (Å²) >= 11 is 1.44. The molecule has 0 bridgehead atoms. The normalized spacial score (nSPS) is 12.5. The molecule has 0 atom stereocenters. The fourth-order valence-corrected chi connectivity index (χ4v) is 4.57. The zero-order valence-electron chi connectivity index (χ0n) is 15.2. The zero-order chi connectivity index (χ0) is 18.7. The van der Waals surface area contributed by atoms with Crippen molar-refractivity contribution in [2.45, 2.75) is 31.5 Å². The minimum absolute atomic E-state index is 0.124. The average Bonchev–Trinajstić information content (AvgIpc) is 2.93. The number of hydrogen-bond donors (Lipinski definition) is 0. The highest BCUT2D eigenvalue weighted by Crippen LogP contribution is 2.27. The van der Waals surface area contributed by atoms with Crippen LogP contribution in [0.2, 0.25) is 0 Å². The Hall–Kier alpha value is -1.71. The largest absolute Gasteiger partial charge is 0.324 e. The number of rotatable bonds is 8. The van der Waals surface area contributed by atoms with Gasteiger partial charge in [0.2, 0.25) is 15.2 Å². The Morgan fingerprint density at radius 3 is 2.69 bits per heavy atom. The first-order chi connectivity index (χ1) is 12.4. The third-order valence-electron chi connectivity index (χ3n) is 4.14. The second-order valence-electron chi connectivity index (χ2n) is 6.24. The van der Waals surface area contributed by atoms with Gasteiger partial charge < -0.3 is 4.57 Å². The van der Waals surface area contributed by atoms with Crippen LogP contribution in [0, 0.1) is 0 Å². The molecule has 0 N–H and O–H groups in total. The standard InChI is InChI=1S/C17H23N5O2S2/c1-4-10-22-14-9-6-5-8-13(14)15-16(22)18-17(20-19-15)25-11-7-12-26(23,24)21(2)3/h5-6,8-9H,4,7,10-12H2,1-3H3. The van der Waals surface area contributed by atoms with Gasteiger partial charge in [-0.2, -0.15) is 0 Å². The lowest BCUT2D eigenvalue weighted by atomic mass is 10.2. The Labute approximate surface area is 157 Å². The Bertz CT molecular complexity index is 1010. The predicted octanol–water partition coefficient (Wildman–Crippen LogP) is 2.76. The highest BCUT2D eigenvalue weighted by Gasteiger charge is 2.15. The van der Waals surface area contributed by atoms with E-state index in [0.717, 1.165) is 35.0 Å². The number of nitrogens with zero attached hydrogens (tertiary/aromatic N) is 5. The molecule has 7 nitrogen and oxygen atoms in total. The first-order valence-corrected chi connectivity index (χ1v) is 11.2. The van der Waals surface area contributed by atoms with E-state index >= 15 is 0 Å². The van der Waals surface area contributed by atoms with E-state index in [4.69, 9.17) is 4.98 Å². The van der Waals surface area contributed by atoms with Crippen LogP contribution in [-0.2, 0) is 16.6 Å². The third-order valence-corrected chi connectivity index (χ3v) is 6.98. The SMILES string of the molecule is CCCn1c2ccccc2c2nnc(SCCCS(=O)(=O)N(C)C)nc21. The zero-order valence-corrected chi connectivity index (χ0v) is 16.8. The second-order valence-corrected chi connectivity index (χ2v) is 9.60. The molecule has 26 heavy (non-hydrogen) atoms. The first-order valence-electron chi connectivity index (χ1n) is 8.58. The van der Waals surface area contributed by atoms with Crippen LogP contribution >= 0.6 is 11.8 Å². The van der Waals surface area contributed by atoms with Gasteiger partial charge >= 0.3 is 0 Å². The van der Waals surface area contributed by atoms with Crippen molar-refractivity contribution < 1.29 is 8.42 Å². The predicted molar refractivity (Wildman–Crippen MR) is 106 cm³/mol. The van der Waals surface area contributed by atoms with Gasteiger partial charge in [0.1, 0.15) is 5.52 Å². The van der Waals surface area contributed by atoms with Crippen LogP contribution in [0.1, 0.15) is 19.8 Å². The first kappa shape index (κ1) is 19.1. The van der Waals surface area contributed by atoms with E-state index in [0.29, 0.717) is 17.3 Å². The van der Waals surface area contributed by atoms with Crippen LogP contribution in [0.25, 0.3) is 22.1 Å². The molecule has 0 radical (unpaired) electrons. The fraction of sp³-hybridized carbons (Fsp3) is 0.471. The summed E-state index contributed by atoms with van der Waals surface area (Å²) in [6, 6.07) is 8.13. The molecule has 0 aliphatic rings. The van der Waals surface area contributed by atoms with Gasteiger partial charge in [-0.3, -0.25) is 0 Å². The summed E-state index contributed by atoms with van der Waals surface area (Å²) in [4.78, 5) is 4.69. The molecular formula is C17H23N5O2S2. The minimum atomic E-state index is -3.16. The van der Waals surface area contributed by atoms with Gasteiger partial charge in [-0.25, -0.2) is 17.7 Å². The van der Waals surface area contributed by atoms with E-state index in [1.165, 1.54) is 16.1 Å². The maximum Gasteiger partial charge on any atom is 0.213 e. The Morgan fingerprint density at radius 1 is 1.19 bits per heavy atom. The third kappa shape index (κ3) is 3.84. The van der Waals surface area contributed by atoms with Gasteiger partial charge in [0.25, 0.3) is 0 Å². The van der Waals surface area contributed by atoms with Crippen LogP contribution in [0.4, 0.5) is 0 Å². The molecule has 3 rings (SSSR count). The molecule has 2 heterocycles. The molecule has 0 spiro atoms. The van der Waals surface area contributed by atoms with Crippen molar-refractivity contribution in [3.8, 4) is 0 Å². The summed E-state index contributed by atoms with van der Waals surface area (Å²) < 4.78 is 27.0. The Morgan fingerprint density at radius 2 is 1.96 bits per heavy atom. The lowest BCUT2D eigenvalue weighted by Crippen LogP contribution is -2.25. The van der Waals surface area contributed by atoms with Gasteiger partial charge in [-0.05, 0) is 18.9 Å². The molecule has 0 unspecified atom stereocenters. The molecule has 0 saturated heterocycles. The van der Waals surface area contributed by atoms with Crippen LogP contribution in [-0.4, -0.2) is 58.1 Å². The number of thioether (sulfide) groups is 1. The maximum atomic E-state index is 11.8. The van der Waals surface area contributed by atoms with Crippen molar-refractivity contribution >= 4 is 43.9 Å². The Balaban J connectivity index is 1.81. The molecule has 0 fully saturated rings. The van der Waals surface area contributed by atoms with Gasteiger partial charge in [0.05, 0.1) is 11.3 Å². The fourth-order valence-electron chi connectivity index (χ4n) is 2.79. The van der Waals surface area contributed by atoms with Gasteiger partial charge in [0.15, 0.2) is 5.65 Å². The molecule has 2 aromatic heterocycles. The number of aryl methyl sites for hydroxylation is 1. The van der Waals surface area contributed by atoms with E-state index < -0.39 is 10.0 Å². The van der Waals surface area contributed by atoms with Crippen molar-refractivity contribution in [1.82, 2.24) is 24.1 Å². The van der Waals surface area contributed by atoms with Crippen molar-refractivity contribution in [1.29, 1.82) is 0 Å². The maximum absolute atomic E-state index is 11.8. The number of aromatic nitrogens is 4. The summed E-state index contributed by atoms with van der Waals surface area (Å²) in [6.07, 6.45) is 1.55. The summed E-state index contributed by atoms with van der Waals surface area (Å²) in [6.45, 7) is 3.00. The van der Waals surface area contributed by atoms with Crippen molar-refractivity contribution in [2.75, 3.05) is 25.6 Å². The smallest absolute Gasteiger partial charge is 0.213 e. The summed E-state index contributed by atoms with van der Waals surface area (Å²) in [5, 5.41) is 10.3. The molecule has 1 aromatic carbocycles. The molecule has 140 valence electrons. The lowest BCUT2D eigenvalue weighted by Gasteiger charge is -2.10. The van der Waals surface area contributed by atoms with Crippen LogP contribution in [0.5, 0.6) is 0 Å². The van der Waals surface area contributed by atoms with E-state index in [1.54, 1.807) is 14.1 Å². The van der Waals surface area contributed by atoms with E-state index in [9.17, 15) is 8.42 Å². The van der Waals surface area contributed by atoms with E-state index in [1.807, 2.05) is 18.2 Å². The number of para-hydroxylation sites is 1. The Kier molecular flexibility index (Phi) is 5.79. The molecular weight excluding hydrogens is 370 g/mol. The minimum Gasteiger partial charge on any atom is -0.324 e. The molecule has 3 aromatic rings. The molecule has 0 amide bonds. The van der Waals surface area contributed by atoms with Crippen LogP contribution < -0.4 is 0 Å². The topological polar surface area (TPSA) is 81.0 Å². The monoisotopic (exact) mass is 393 g/mol. The summed E-state index contributed by atoms with van der Waals surface area (Å²) in [7, 11) is -0.0561. The number of fused-ring (bicyclic) bond motifs is 3. The highest BCUT2D eigenvalue weighted by atomic mass is 32.2. The quantitative estimate of drug-likeness (QED) is 0.432.